The third-order valence-corrected chi connectivity index (χ3v) is 2.75. The van der Waals surface area contributed by atoms with Gasteiger partial charge in [-0.1, -0.05) is 13.0 Å². The Bertz CT molecular complexity index is 406. The second-order valence-corrected chi connectivity index (χ2v) is 3.77. The minimum absolute atomic E-state index is 1.07. The topological polar surface area (TPSA) is 17.8 Å². The summed E-state index contributed by atoms with van der Waals surface area (Å²) in [7, 11) is 0. The first kappa shape index (κ1) is 8.04. The summed E-state index contributed by atoms with van der Waals surface area (Å²) in [5.74, 6) is 0. The van der Waals surface area contributed by atoms with Crippen LogP contribution in [0, 0.1) is 0 Å². The van der Waals surface area contributed by atoms with Crippen molar-refractivity contribution in [3.63, 3.8) is 0 Å². The van der Waals surface area contributed by atoms with Gasteiger partial charge in [0.05, 0.1) is 33.9 Å². The fourth-order valence-electron chi connectivity index (χ4n) is 1.25. The quantitative estimate of drug-likeness (QED) is 0.730. The van der Waals surface area contributed by atoms with Gasteiger partial charge in [0.15, 0.2) is 0 Å². The van der Waals surface area contributed by atoms with Gasteiger partial charge >= 0.3 is 0 Å². The Morgan fingerprint density at radius 2 is 2.33 bits per heavy atom. The molecule has 2 nitrogen and oxygen atoms in total. The number of nitrogens with zero attached hydrogens (tertiary/aromatic N) is 2. The Hall–Kier alpha value is -0.580. The molecular formula is C9H9IN2. The zero-order chi connectivity index (χ0) is 8.55. The zero-order valence-corrected chi connectivity index (χ0v) is 8.95. The first-order valence-corrected chi connectivity index (χ1v) is 4.90. The Morgan fingerprint density at radius 1 is 1.50 bits per heavy atom. The predicted molar refractivity (Wildman–Crippen MR) is 58.5 cm³/mol. The van der Waals surface area contributed by atoms with Gasteiger partial charge in [-0.2, -0.15) is 0 Å². The molecule has 62 valence electrons. The van der Waals surface area contributed by atoms with E-state index in [-0.39, 0.29) is 0 Å². The van der Waals surface area contributed by atoms with Crippen molar-refractivity contribution in [3.8, 4) is 0 Å². The first-order chi connectivity index (χ1) is 5.81. The molecule has 2 rings (SSSR count). The minimum Gasteiger partial charge on any atom is -0.271 e. The van der Waals surface area contributed by atoms with E-state index < -0.39 is 0 Å². The molecule has 12 heavy (non-hydrogen) atoms. The normalized spacial score (nSPS) is 10.8. The van der Waals surface area contributed by atoms with Crippen LogP contribution in [0.25, 0.3) is 11.0 Å². The number of rotatable bonds is 1. The molecule has 0 N–H and O–H groups in total. The van der Waals surface area contributed by atoms with Crippen LogP contribution in [-0.4, -0.2) is 7.76 Å². The molecule has 0 saturated carbocycles. The highest BCUT2D eigenvalue weighted by atomic mass is 127. The average molecular weight is 272 g/mol. The summed E-state index contributed by atoms with van der Waals surface area (Å²) in [6.45, 7) is 2.15. The summed E-state index contributed by atoms with van der Waals surface area (Å²) in [4.78, 5) is 4.28. The predicted octanol–water partition coefficient (Wildman–Crippen LogP) is 2.80. The smallest absolute Gasteiger partial charge is 0.105 e. The van der Waals surface area contributed by atoms with Crippen molar-refractivity contribution in [2.75, 3.05) is 0 Å². The van der Waals surface area contributed by atoms with Gasteiger partial charge in [-0.3, -0.25) is 2.78 Å². The highest BCUT2D eigenvalue weighted by molar-refractivity contribution is 14.1. The van der Waals surface area contributed by atoms with Crippen LogP contribution in [0.3, 0.4) is 0 Å². The molecule has 2 aromatic rings. The Kier molecular flexibility index (Phi) is 2.04. The molecule has 0 spiro atoms. The number of fused-ring (bicyclic) bond motifs is 1. The number of halogens is 1. The van der Waals surface area contributed by atoms with Crippen molar-refractivity contribution >= 4 is 33.9 Å². The maximum absolute atomic E-state index is 4.28. The van der Waals surface area contributed by atoms with Gasteiger partial charge in [0, 0.05) is 0 Å². The van der Waals surface area contributed by atoms with Crippen molar-refractivity contribution in [2.45, 2.75) is 13.3 Å². The van der Waals surface area contributed by atoms with Crippen LogP contribution in [0.4, 0.5) is 0 Å². The van der Waals surface area contributed by atoms with E-state index in [2.05, 4.69) is 53.0 Å². The van der Waals surface area contributed by atoms with E-state index >= 15 is 0 Å². The highest BCUT2D eigenvalue weighted by Gasteiger charge is 1.99. The van der Waals surface area contributed by atoms with Crippen LogP contribution in [0.2, 0.25) is 0 Å². The molecule has 0 aliphatic carbocycles. The Morgan fingerprint density at radius 3 is 3.08 bits per heavy atom. The lowest BCUT2D eigenvalue weighted by molar-refractivity contribution is 1.14. The molecule has 0 atom stereocenters. The lowest BCUT2D eigenvalue weighted by Crippen LogP contribution is -1.80. The van der Waals surface area contributed by atoms with E-state index in [4.69, 9.17) is 0 Å². The molecule has 0 fully saturated rings. The number of aromatic nitrogens is 2. The largest absolute Gasteiger partial charge is 0.271 e. The van der Waals surface area contributed by atoms with Crippen LogP contribution in [0.5, 0.6) is 0 Å². The van der Waals surface area contributed by atoms with Crippen LogP contribution in [-0.2, 0) is 6.42 Å². The third-order valence-electron chi connectivity index (χ3n) is 1.98. The van der Waals surface area contributed by atoms with Gasteiger partial charge < -0.3 is 0 Å². The minimum atomic E-state index is 1.07. The number of hydrogen-bond acceptors (Lipinski definition) is 1. The summed E-state index contributed by atoms with van der Waals surface area (Å²) in [5, 5.41) is 0. The molecule has 1 heterocycles. The summed E-state index contributed by atoms with van der Waals surface area (Å²) >= 11 is 2.23. The summed E-state index contributed by atoms with van der Waals surface area (Å²) < 4.78 is 2.01. The van der Waals surface area contributed by atoms with E-state index in [0.717, 1.165) is 11.9 Å². The standard InChI is InChI=1S/C9H9IN2/c1-2-7-3-4-9-8(5-7)11-6-12(9)10/h3-6H,2H2,1H3. The third kappa shape index (κ3) is 1.22. The van der Waals surface area contributed by atoms with Crippen molar-refractivity contribution in [1.29, 1.82) is 0 Å². The second kappa shape index (κ2) is 3.05. The van der Waals surface area contributed by atoms with Crippen LogP contribution in [0.1, 0.15) is 12.5 Å². The zero-order valence-electron chi connectivity index (χ0n) is 6.79. The summed E-state index contributed by atoms with van der Waals surface area (Å²) in [6.07, 6.45) is 2.91. The summed E-state index contributed by atoms with van der Waals surface area (Å²) in [5.41, 5.74) is 3.62. The molecule has 1 aromatic carbocycles. The van der Waals surface area contributed by atoms with Crippen molar-refractivity contribution in [1.82, 2.24) is 7.76 Å². The lowest BCUT2D eigenvalue weighted by atomic mass is 10.1. The van der Waals surface area contributed by atoms with E-state index in [0.29, 0.717) is 0 Å². The van der Waals surface area contributed by atoms with E-state index in [1.54, 1.807) is 0 Å². The number of hydrogen-bond donors (Lipinski definition) is 0. The van der Waals surface area contributed by atoms with E-state index in [9.17, 15) is 0 Å². The maximum Gasteiger partial charge on any atom is 0.105 e. The fourth-order valence-corrected chi connectivity index (χ4v) is 1.78. The second-order valence-electron chi connectivity index (χ2n) is 2.73. The van der Waals surface area contributed by atoms with Crippen molar-refractivity contribution < 1.29 is 0 Å². The molecule has 0 radical (unpaired) electrons. The lowest BCUT2D eigenvalue weighted by Gasteiger charge is -1.95. The van der Waals surface area contributed by atoms with Gasteiger partial charge in [0.25, 0.3) is 0 Å². The molecule has 0 unspecified atom stereocenters. The molecule has 1 aromatic heterocycles. The van der Waals surface area contributed by atoms with Crippen LogP contribution >= 0.6 is 22.9 Å². The number of imidazole rings is 1. The van der Waals surface area contributed by atoms with Gasteiger partial charge in [0.1, 0.15) is 6.33 Å². The Balaban J connectivity index is 2.69. The first-order valence-electron chi connectivity index (χ1n) is 3.93. The Labute approximate surface area is 85.1 Å². The molecule has 3 heteroatoms. The van der Waals surface area contributed by atoms with Crippen molar-refractivity contribution in [2.24, 2.45) is 0 Å². The fraction of sp³-hybridized carbons (Fsp3) is 0.222. The average Bonchev–Trinajstić information content (AvgIpc) is 2.47. The highest BCUT2D eigenvalue weighted by Crippen LogP contribution is 2.16. The molecule has 0 aliphatic heterocycles. The number of benzene rings is 1. The van der Waals surface area contributed by atoms with Crippen LogP contribution < -0.4 is 0 Å². The molecule has 0 amide bonds. The monoisotopic (exact) mass is 272 g/mol. The van der Waals surface area contributed by atoms with Gasteiger partial charge in [0.2, 0.25) is 0 Å². The van der Waals surface area contributed by atoms with E-state index in [1.807, 2.05) is 9.11 Å². The molecule has 0 bridgehead atoms. The maximum atomic E-state index is 4.28. The van der Waals surface area contributed by atoms with Gasteiger partial charge in [-0.25, -0.2) is 4.98 Å². The SMILES string of the molecule is CCc1ccc2c(c1)ncn2I. The molecule has 0 aliphatic rings. The number of aryl methyl sites for hydroxylation is 1. The van der Waals surface area contributed by atoms with Crippen molar-refractivity contribution in [3.05, 3.63) is 30.1 Å². The van der Waals surface area contributed by atoms with E-state index in [1.165, 1.54) is 11.1 Å². The molecule has 0 saturated heterocycles. The van der Waals surface area contributed by atoms with Crippen LogP contribution in [0.15, 0.2) is 24.5 Å². The van der Waals surface area contributed by atoms with Gasteiger partial charge in [-0.05, 0) is 24.1 Å². The van der Waals surface area contributed by atoms with Gasteiger partial charge in [-0.15, -0.1) is 0 Å². The summed E-state index contributed by atoms with van der Waals surface area (Å²) in [6, 6.07) is 6.41. The molecular weight excluding hydrogens is 263 g/mol.